The minimum Gasteiger partial charge on any atom is -0.466 e. The molecule has 0 aromatic carbocycles. The summed E-state index contributed by atoms with van der Waals surface area (Å²) in [7, 11) is 0. The van der Waals surface area contributed by atoms with Crippen LogP contribution in [-0.2, 0) is 19.0 Å². The summed E-state index contributed by atoms with van der Waals surface area (Å²) in [6, 6.07) is -0.370. The van der Waals surface area contributed by atoms with E-state index in [9.17, 15) is 4.79 Å². The van der Waals surface area contributed by atoms with Crippen molar-refractivity contribution in [3.05, 3.63) is 0 Å². The van der Waals surface area contributed by atoms with Gasteiger partial charge in [-0.15, -0.1) is 0 Å². The van der Waals surface area contributed by atoms with Crippen molar-refractivity contribution in [1.29, 1.82) is 0 Å². The normalized spacial score (nSPS) is 26.3. The average molecular weight is 217 g/mol. The third-order valence-corrected chi connectivity index (χ3v) is 2.22. The first-order valence-corrected chi connectivity index (χ1v) is 5.17. The van der Waals surface area contributed by atoms with Gasteiger partial charge in [-0.3, -0.25) is 4.79 Å². The summed E-state index contributed by atoms with van der Waals surface area (Å²) in [4.78, 5) is 11.2. The monoisotopic (exact) mass is 217 g/mol. The largest absolute Gasteiger partial charge is 0.466 e. The number of hydrogen-bond acceptors (Lipinski definition) is 5. The molecule has 1 aliphatic heterocycles. The van der Waals surface area contributed by atoms with Crippen LogP contribution in [0.1, 0.15) is 27.2 Å². The highest BCUT2D eigenvalue weighted by Crippen LogP contribution is 2.24. The lowest BCUT2D eigenvalue weighted by Gasteiger charge is -2.20. The van der Waals surface area contributed by atoms with Gasteiger partial charge in [0.1, 0.15) is 0 Å². The molecule has 15 heavy (non-hydrogen) atoms. The molecular formula is C10H19NO4. The number of hydrogen-bond donors (Lipinski definition) is 1. The molecule has 1 heterocycles. The summed E-state index contributed by atoms with van der Waals surface area (Å²) in [5.41, 5.74) is 5.83. The Balaban J connectivity index is 2.35. The molecule has 0 aromatic rings. The van der Waals surface area contributed by atoms with E-state index in [1.54, 1.807) is 6.92 Å². The van der Waals surface area contributed by atoms with Crippen LogP contribution in [0.15, 0.2) is 0 Å². The maximum absolute atomic E-state index is 11.2. The van der Waals surface area contributed by atoms with Gasteiger partial charge < -0.3 is 19.9 Å². The Morgan fingerprint density at radius 3 is 2.80 bits per heavy atom. The molecule has 88 valence electrons. The van der Waals surface area contributed by atoms with Crippen LogP contribution in [-0.4, -0.2) is 37.1 Å². The number of rotatable bonds is 4. The van der Waals surface area contributed by atoms with Gasteiger partial charge in [0.25, 0.3) is 0 Å². The van der Waals surface area contributed by atoms with Gasteiger partial charge in [0.15, 0.2) is 5.79 Å². The third kappa shape index (κ3) is 3.77. The predicted octanol–water partition coefficient (Wildman–Crippen LogP) is 0.418. The summed E-state index contributed by atoms with van der Waals surface area (Å²) in [5.74, 6) is -0.893. The molecule has 1 rings (SSSR count). The molecule has 1 saturated heterocycles. The molecule has 0 amide bonds. The maximum atomic E-state index is 11.2. The van der Waals surface area contributed by atoms with Crippen molar-refractivity contribution < 1.29 is 19.0 Å². The Kier molecular flexibility index (Phi) is 4.07. The number of carbonyl (C=O) groups excluding carboxylic acids is 1. The van der Waals surface area contributed by atoms with Crippen LogP contribution in [0, 0.1) is 0 Å². The molecule has 1 fully saturated rings. The molecule has 0 unspecified atom stereocenters. The fourth-order valence-corrected chi connectivity index (χ4v) is 1.47. The summed E-state index contributed by atoms with van der Waals surface area (Å²) >= 11 is 0. The van der Waals surface area contributed by atoms with Crippen molar-refractivity contribution in [3.8, 4) is 0 Å². The van der Waals surface area contributed by atoms with Crippen molar-refractivity contribution >= 4 is 5.97 Å². The highest BCUT2D eigenvalue weighted by molar-refractivity contribution is 5.70. The number of esters is 1. The van der Waals surface area contributed by atoms with Crippen molar-refractivity contribution in [2.24, 2.45) is 5.73 Å². The summed E-state index contributed by atoms with van der Waals surface area (Å²) in [5, 5.41) is 0. The standard InChI is InChI=1S/C10H19NO4/c1-4-13-9(12)5-7(11)8-6-14-10(2,3)15-8/h7-8H,4-6,11H2,1-3H3/t7-,8-/m0/s1. The fraction of sp³-hybridized carbons (Fsp3) is 0.900. The van der Waals surface area contributed by atoms with Gasteiger partial charge in [0, 0.05) is 6.04 Å². The van der Waals surface area contributed by atoms with E-state index in [4.69, 9.17) is 19.9 Å². The Morgan fingerprint density at radius 2 is 2.33 bits per heavy atom. The maximum Gasteiger partial charge on any atom is 0.307 e. The molecule has 5 nitrogen and oxygen atoms in total. The van der Waals surface area contributed by atoms with E-state index < -0.39 is 5.79 Å². The van der Waals surface area contributed by atoms with Crippen molar-refractivity contribution in [3.63, 3.8) is 0 Å². The SMILES string of the molecule is CCOC(=O)C[C@H](N)[C@@H]1COC(C)(C)O1. The van der Waals surface area contributed by atoms with Crippen LogP contribution < -0.4 is 5.73 Å². The van der Waals surface area contributed by atoms with E-state index in [1.165, 1.54) is 0 Å². The summed E-state index contributed by atoms with van der Waals surface area (Å²) < 4.78 is 15.7. The first-order chi connectivity index (χ1) is 6.94. The minimum atomic E-state index is -0.600. The molecule has 0 spiro atoms. The van der Waals surface area contributed by atoms with Crippen molar-refractivity contribution in [1.82, 2.24) is 0 Å². The van der Waals surface area contributed by atoms with Crippen LogP contribution in [0.5, 0.6) is 0 Å². The molecule has 0 bridgehead atoms. The lowest BCUT2D eigenvalue weighted by Crippen LogP contribution is -2.39. The molecule has 1 aliphatic rings. The second-order valence-electron chi connectivity index (χ2n) is 4.04. The summed E-state index contributed by atoms with van der Waals surface area (Å²) in [6.07, 6.45) is -0.0674. The highest BCUT2D eigenvalue weighted by Gasteiger charge is 2.36. The van der Waals surface area contributed by atoms with Gasteiger partial charge in [0.05, 0.1) is 25.7 Å². The Bertz CT molecular complexity index is 229. The van der Waals surface area contributed by atoms with Crippen molar-refractivity contribution in [2.45, 2.75) is 45.1 Å². The van der Waals surface area contributed by atoms with Gasteiger partial charge in [0.2, 0.25) is 0 Å². The van der Waals surface area contributed by atoms with Gasteiger partial charge >= 0.3 is 5.97 Å². The molecule has 0 aromatic heterocycles. The zero-order valence-electron chi connectivity index (χ0n) is 9.49. The van der Waals surface area contributed by atoms with Gasteiger partial charge in [-0.2, -0.15) is 0 Å². The predicted molar refractivity (Wildman–Crippen MR) is 54.1 cm³/mol. The van der Waals surface area contributed by atoms with E-state index in [1.807, 2.05) is 13.8 Å². The molecule has 0 aliphatic carbocycles. The molecule has 0 saturated carbocycles. The second kappa shape index (κ2) is 4.92. The molecule has 5 heteroatoms. The van der Waals surface area contributed by atoms with E-state index >= 15 is 0 Å². The van der Waals surface area contributed by atoms with Crippen LogP contribution >= 0.6 is 0 Å². The molecule has 2 N–H and O–H groups in total. The first-order valence-electron chi connectivity index (χ1n) is 5.17. The quantitative estimate of drug-likeness (QED) is 0.691. The van der Waals surface area contributed by atoms with E-state index in [0.717, 1.165) is 0 Å². The van der Waals surface area contributed by atoms with E-state index in [0.29, 0.717) is 13.2 Å². The number of nitrogens with two attached hydrogens (primary N) is 1. The lowest BCUT2D eigenvalue weighted by molar-refractivity contribution is -0.149. The Morgan fingerprint density at radius 1 is 1.67 bits per heavy atom. The first kappa shape index (κ1) is 12.4. The zero-order chi connectivity index (χ0) is 11.5. The number of carbonyl (C=O) groups is 1. The molecule has 2 atom stereocenters. The van der Waals surface area contributed by atoms with E-state index in [-0.39, 0.29) is 24.5 Å². The highest BCUT2D eigenvalue weighted by atomic mass is 16.7. The zero-order valence-corrected chi connectivity index (χ0v) is 9.49. The average Bonchev–Trinajstić information content (AvgIpc) is 2.46. The summed E-state index contributed by atoms with van der Waals surface area (Å²) in [6.45, 7) is 6.21. The Hall–Kier alpha value is -0.650. The van der Waals surface area contributed by atoms with Crippen LogP contribution in [0.3, 0.4) is 0 Å². The smallest absolute Gasteiger partial charge is 0.307 e. The fourth-order valence-electron chi connectivity index (χ4n) is 1.47. The third-order valence-electron chi connectivity index (χ3n) is 2.22. The second-order valence-corrected chi connectivity index (χ2v) is 4.04. The lowest BCUT2D eigenvalue weighted by atomic mass is 10.1. The Labute approximate surface area is 89.9 Å². The van der Waals surface area contributed by atoms with Gasteiger partial charge in [-0.1, -0.05) is 0 Å². The van der Waals surface area contributed by atoms with Crippen LogP contribution in [0.2, 0.25) is 0 Å². The van der Waals surface area contributed by atoms with Crippen molar-refractivity contribution in [2.75, 3.05) is 13.2 Å². The number of ether oxygens (including phenoxy) is 3. The van der Waals surface area contributed by atoms with Crippen LogP contribution in [0.4, 0.5) is 0 Å². The van der Waals surface area contributed by atoms with Gasteiger partial charge in [-0.05, 0) is 20.8 Å². The topological polar surface area (TPSA) is 70.8 Å². The molecular weight excluding hydrogens is 198 g/mol. The van der Waals surface area contributed by atoms with Gasteiger partial charge in [-0.25, -0.2) is 0 Å². The minimum absolute atomic E-state index is 0.165. The molecule has 0 radical (unpaired) electrons. The van der Waals surface area contributed by atoms with Crippen LogP contribution in [0.25, 0.3) is 0 Å². The van der Waals surface area contributed by atoms with E-state index in [2.05, 4.69) is 0 Å².